The monoisotopic (exact) mass is 384 g/mol. The summed E-state index contributed by atoms with van der Waals surface area (Å²) in [6.07, 6.45) is 3.28. The lowest BCUT2D eigenvalue weighted by Crippen LogP contribution is -2.55. The fraction of sp³-hybridized carbons (Fsp3) is 0.500. The van der Waals surface area contributed by atoms with Gasteiger partial charge in [0.2, 0.25) is 0 Å². The molecule has 1 saturated heterocycles. The first-order valence-electron chi connectivity index (χ1n) is 10.6. The fourth-order valence-electron chi connectivity index (χ4n) is 3.72. The first-order chi connectivity index (χ1) is 13.8. The summed E-state index contributed by atoms with van der Waals surface area (Å²) in [7, 11) is 0. The van der Waals surface area contributed by atoms with Crippen LogP contribution in [0.4, 0.5) is 0 Å². The molecule has 1 fully saturated rings. The highest BCUT2D eigenvalue weighted by molar-refractivity contribution is 5.31. The average Bonchev–Trinajstić information content (AvgIpc) is 2.74. The average molecular weight is 385 g/mol. The zero-order valence-electron chi connectivity index (χ0n) is 17.1. The Hall–Kier alpha value is -2.04. The molecule has 0 aliphatic carbocycles. The number of ether oxygens (including phenoxy) is 3. The lowest BCUT2D eigenvalue weighted by Gasteiger charge is -2.41. The highest BCUT2D eigenvalue weighted by atomic mass is 16.5. The second-order valence-electron chi connectivity index (χ2n) is 7.64. The third kappa shape index (κ3) is 6.54. The lowest BCUT2D eigenvalue weighted by molar-refractivity contribution is -0.947. The van der Waals surface area contributed by atoms with Gasteiger partial charge in [0.15, 0.2) is 0 Å². The van der Waals surface area contributed by atoms with Crippen molar-refractivity contribution < 1.29 is 18.7 Å². The second-order valence-corrected chi connectivity index (χ2v) is 7.64. The molecule has 1 heterocycles. The summed E-state index contributed by atoms with van der Waals surface area (Å²) in [6, 6.07) is 18.8. The van der Waals surface area contributed by atoms with Gasteiger partial charge in [0, 0.05) is 12.0 Å². The maximum atomic E-state index is 5.98. The van der Waals surface area contributed by atoms with Crippen molar-refractivity contribution in [1.29, 1.82) is 0 Å². The molecule has 152 valence electrons. The molecule has 28 heavy (non-hydrogen) atoms. The first-order valence-corrected chi connectivity index (χ1v) is 10.6. The predicted molar refractivity (Wildman–Crippen MR) is 113 cm³/mol. The van der Waals surface area contributed by atoms with Crippen molar-refractivity contribution >= 4 is 0 Å². The number of hydrogen-bond acceptors (Lipinski definition) is 3. The van der Waals surface area contributed by atoms with E-state index in [0.717, 1.165) is 87.9 Å². The number of unbranched alkanes of at least 4 members (excludes halogenated alkanes) is 1. The minimum absolute atomic E-state index is 0.742. The Morgan fingerprint density at radius 1 is 0.821 bits per heavy atom. The van der Waals surface area contributed by atoms with Crippen LogP contribution in [0.5, 0.6) is 11.5 Å². The maximum Gasteiger partial charge on any atom is 0.119 e. The van der Waals surface area contributed by atoms with E-state index < -0.39 is 0 Å². The van der Waals surface area contributed by atoms with E-state index in [1.54, 1.807) is 0 Å². The molecule has 1 aliphatic heterocycles. The topological polar surface area (TPSA) is 27.7 Å². The van der Waals surface area contributed by atoms with Crippen LogP contribution in [0.25, 0.3) is 0 Å². The van der Waals surface area contributed by atoms with Crippen molar-refractivity contribution in [1.82, 2.24) is 0 Å². The van der Waals surface area contributed by atoms with Gasteiger partial charge in [-0.05, 0) is 30.7 Å². The molecule has 2 aromatic carbocycles. The van der Waals surface area contributed by atoms with E-state index in [9.17, 15) is 0 Å². The molecule has 0 N–H and O–H groups in total. The van der Waals surface area contributed by atoms with Crippen LogP contribution in [0.3, 0.4) is 0 Å². The lowest BCUT2D eigenvalue weighted by atomic mass is 10.1. The Kier molecular flexibility index (Phi) is 8.19. The van der Waals surface area contributed by atoms with Crippen LogP contribution in [0, 0.1) is 0 Å². The molecular formula is C24H34NO3+. The van der Waals surface area contributed by atoms with Crippen LogP contribution < -0.4 is 9.47 Å². The Morgan fingerprint density at radius 3 is 2.04 bits per heavy atom. The Bertz CT molecular complexity index is 666. The van der Waals surface area contributed by atoms with Crippen LogP contribution in [0.2, 0.25) is 0 Å². The Balaban J connectivity index is 1.45. The Labute approximate surface area is 169 Å². The van der Waals surface area contributed by atoms with Crippen LogP contribution >= 0.6 is 0 Å². The van der Waals surface area contributed by atoms with Crippen molar-refractivity contribution in [3.05, 3.63) is 60.2 Å². The SMILES string of the molecule is CCCCOc1ccc(OCCC[N+]2(Cc3ccccc3)CCOCC2)cc1. The summed E-state index contributed by atoms with van der Waals surface area (Å²) in [4.78, 5) is 0. The number of hydrogen-bond donors (Lipinski definition) is 0. The molecule has 0 radical (unpaired) electrons. The van der Waals surface area contributed by atoms with Crippen molar-refractivity contribution in [3.8, 4) is 11.5 Å². The minimum Gasteiger partial charge on any atom is -0.494 e. The van der Waals surface area contributed by atoms with E-state index in [-0.39, 0.29) is 0 Å². The van der Waals surface area contributed by atoms with E-state index in [1.165, 1.54) is 5.56 Å². The number of quaternary nitrogens is 1. The van der Waals surface area contributed by atoms with Gasteiger partial charge >= 0.3 is 0 Å². The van der Waals surface area contributed by atoms with E-state index >= 15 is 0 Å². The van der Waals surface area contributed by atoms with Crippen molar-refractivity contribution in [3.63, 3.8) is 0 Å². The third-order valence-electron chi connectivity index (χ3n) is 5.42. The van der Waals surface area contributed by atoms with Crippen LogP contribution in [0.1, 0.15) is 31.7 Å². The minimum atomic E-state index is 0.742. The van der Waals surface area contributed by atoms with Crippen molar-refractivity contribution in [2.45, 2.75) is 32.7 Å². The summed E-state index contributed by atoms with van der Waals surface area (Å²) in [5.74, 6) is 1.83. The molecule has 0 unspecified atom stereocenters. The molecule has 4 nitrogen and oxygen atoms in total. The zero-order chi connectivity index (χ0) is 19.5. The summed E-state index contributed by atoms with van der Waals surface area (Å²) >= 11 is 0. The van der Waals surface area contributed by atoms with Gasteiger partial charge in [-0.2, -0.15) is 0 Å². The van der Waals surface area contributed by atoms with Gasteiger partial charge in [0.1, 0.15) is 31.1 Å². The molecule has 0 amide bonds. The predicted octanol–water partition coefficient (Wildman–Crippen LogP) is 4.68. The fourth-order valence-corrected chi connectivity index (χ4v) is 3.72. The maximum absolute atomic E-state index is 5.98. The van der Waals surface area contributed by atoms with Gasteiger partial charge in [-0.15, -0.1) is 0 Å². The quantitative estimate of drug-likeness (QED) is 0.416. The zero-order valence-corrected chi connectivity index (χ0v) is 17.1. The van der Waals surface area contributed by atoms with E-state index in [0.29, 0.717) is 0 Å². The van der Waals surface area contributed by atoms with E-state index in [1.807, 2.05) is 24.3 Å². The third-order valence-corrected chi connectivity index (χ3v) is 5.42. The Morgan fingerprint density at radius 2 is 1.43 bits per heavy atom. The largest absolute Gasteiger partial charge is 0.494 e. The first kappa shape index (κ1) is 20.7. The molecule has 0 atom stereocenters. The molecule has 0 spiro atoms. The molecule has 2 aromatic rings. The number of morpholine rings is 1. The van der Waals surface area contributed by atoms with Gasteiger partial charge in [0.05, 0.1) is 33.0 Å². The number of nitrogens with zero attached hydrogens (tertiary/aromatic N) is 1. The van der Waals surface area contributed by atoms with Gasteiger partial charge in [0.25, 0.3) is 0 Å². The van der Waals surface area contributed by atoms with E-state index in [2.05, 4.69) is 37.3 Å². The van der Waals surface area contributed by atoms with Crippen molar-refractivity contribution in [2.75, 3.05) is 46.1 Å². The summed E-state index contributed by atoms with van der Waals surface area (Å²) in [5, 5.41) is 0. The number of benzene rings is 2. The van der Waals surface area contributed by atoms with Gasteiger partial charge in [-0.1, -0.05) is 43.7 Å². The molecule has 0 aromatic heterocycles. The molecular weight excluding hydrogens is 350 g/mol. The smallest absolute Gasteiger partial charge is 0.119 e. The molecule has 1 aliphatic rings. The van der Waals surface area contributed by atoms with Gasteiger partial charge < -0.3 is 18.7 Å². The van der Waals surface area contributed by atoms with Crippen LogP contribution in [0.15, 0.2) is 54.6 Å². The molecule has 0 bridgehead atoms. The molecule has 4 heteroatoms. The summed E-state index contributed by atoms with van der Waals surface area (Å²) in [5.41, 5.74) is 1.41. The molecule has 0 saturated carbocycles. The molecule has 3 rings (SSSR count). The van der Waals surface area contributed by atoms with Crippen LogP contribution in [-0.2, 0) is 11.3 Å². The van der Waals surface area contributed by atoms with Gasteiger partial charge in [-0.3, -0.25) is 0 Å². The summed E-state index contributed by atoms with van der Waals surface area (Å²) < 4.78 is 18.4. The second kappa shape index (κ2) is 11.1. The standard InChI is InChI=1S/C24H34NO3/c1-2-3-17-27-23-10-12-24(13-11-23)28-18-7-14-25(15-19-26-20-16-25)21-22-8-5-4-6-9-22/h4-6,8-13H,2-3,7,14-21H2,1H3/q+1. The van der Waals surface area contributed by atoms with Crippen LogP contribution in [-0.4, -0.2) is 50.5 Å². The summed E-state index contributed by atoms with van der Waals surface area (Å²) in [6.45, 7) is 9.76. The normalized spacial score (nSPS) is 15.9. The highest BCUT2D eigenvalue weighted by Crippen LogP contribution is 2.20. The highest BCUT2D eigenvalue weighted by Gasteiger charge is 2.30. The van der Waals surface area contributed by atoms with E-state index in [4.69, 9.17) is 14.2 Å². The van der Waals surface area contributed by atoms with Gasteiger partial charge in [-0.25, -0.2) is 0 Å². The van der Waals surface area contributed by atoms with Crippen molar-refractivity contribution in [2.24, 2.45) is 0 Å². The number of rotatable bonds is 11.